The summed E-state index contributed by atoms with van der Waals surface area (Å²) in [6.07, 6.45) is 1.58. The van der Waals surface area contributed by atoms with Crippen molar-refractivity contribution in [1.82, 2.24) is 30.4 Å². The van der Waals surface area contributed by atoms with Crippen LogP contribution in [0.25, 0.3) is 5.69 Å². The van der Waals surface area contributed by atoms with Crippen molar-refractivity contribution in [3.63, 3.8) is 0 Å². The molecule has 1 aromatic carbocycles. The first-order chi connectivity index (χ1) is 11.6. The van der Waals surface area contributed by atoms with Gasteiger partial charge in [-0.1, -0.05) is 18.2 Å². The minimum Gasteiger partial charge on any atom is -0.467 e. The lowest BCUT2D eigenvalue weighted by Gasteiger charge is -2.20. The maximum Gasteiger partial charge on any atom is 0.318 e. The molecule has 3 rings (SSSR count). The number of nitrogens with one attached hydrogen (secondary N) is 1. The Labute approximate surface area is 139 Å². The summed E-state index contributed by atoms with van der Waals surface area (Å²) >= 11 is 0. The van der Waals surface area contributed by atoms with Crippen LogP contribution in [-0.2, 0) is 6.54 Å². The van der Waals surface area contributed by atoms with Gasteiger partial charge in [0.05, 0.1) is 24.5 Å². The molecule has 3 aromatic rings. The molecule has 0 bridgehead atoms. The summed E-state index contributed by atoms with van der Waals surface area (Å²) < 4.78 is 6.86. The minimum atomic E-state index is -0.355. The van der Waals surface area contributed by atoms with Crippen molar-refractivity contribution >= 4 is 6.03 Å². The van der Waals surface area contributed by atoms with E-state index in [1.807, 2.05) is 43.3 Å². The van der Waals surface area contributed by atoms with Gasteiger partial charge in [0.1, 0.15) is 5.76 Å². The van der Waals surface area contributed by atoms with E-state index in [0.717, 1.165) is 11.4 Å². The number of aromatic nitrogens is 4. The van der Waals surface area contributed by atoms with E-state index in [0.29, 0.717) is 12.4 Å². The van der Waals surface area contributed by atoms with E-state index in [1.54, 1.807) is 24.1 Å². The van der Waals surface area contributed by atoms with Crippen molar-refractivity contribution in [3.8, 4) is 5.69 Å². The summed E-state index contributed by atoms with van der Waals surface area (Å²) in [5.74, 6) is 1.27. The molecule has 0 aliphatic heterocycles. The number of para-hydroxylation sites is 1. The molecular weight excluding hydrogens is 308 g/mol. The number of amides is 2. The molecule has 0 saturated heterocycles. The maximum atomic E-state index is 12.3. The standard InChI is InChI=1S/C16H18N6O2/c1-12(17-16(23)21(2)11-14-9-6-10-24-14)15-18-19-20-22(15)13-7-4-3-5-8-13/h3-10,12H,11H2,1-2H3,(H,17,23)/t12-/m1/s1. The number of urea groups is 1. The molecule has 1 N–H and O–H groups in total. The highest BCUT2D eigenvalue weighted by atomic mass is 16.3. The van der Waals surface area contributed by atoms with Gasteiger partial charge >= 0.3 is 6.03 Å². The van der Waals surface area contributed by atoms with Crippen LogP contribution in [0.5, 0.6) is 0 Å². The van der Waals surface area contributed by atoms with E-state index in [1.165, 1.54) is 4.90 Å². The van der Waals surface area contributed by atoms with Crippen LogP contribution in [0.3, 0.4) is 0 Å². The van der Waals surface area contributed by atoms with Gasteiger partial charge in [-0.2, -0.15) is 4.68 Å². The molecule has 0 fully saturated rings. The van der Waals surface area contributed by atoms with Crippen molar-refractivity contribution in [2.24, 2.45) is 0 Å². The van der Waals surface area contributed by atoms with E-state index in [9.17, 15) is 4.79 Å². The summed E-state index contributed by atoms with van der Waals surface area (Å²) in [5.41, 5.74) is 0.836. The molecular formula is C16H18N6O2. The highest BCUT2D eigenvalue weighted by Gasteiger charge is 2.20. The zero-order chi connectivity index (χ0) is 16.9. The first-order valence-electron chi connectivity index (χ1n) is 7.53. The van der Waals surface area contributed by atoms with Gasteiger partial charge in [-0.05, 0) is 41.6 Å². The molecule has 1 atom stereocenters. The second-order valence-electron chi connectivity index (χ2n) is 5.39. The summed E-state index contributed by atoms with van der Waals surface area (Å²) in [6.45, 7) is 2.22. The molecule has 0 radical (unpaired) electrons. The van der Waals surface area contributed by atoms with Crippen LogP contribution >= 0.6 is 0 Å². The lowest BCUT2D eigenvalue weighted by molar-refractivity contribution is 0.199. The molecule has 2 heterocycles. The van der Waals surface area contributed by atoms with Gasteiger partial charge in [-0.25, -0.2) is 4.79 Å². The number of hydrogen-bond donors (Lipinski definition) is 1. The van der Waals surface area contributed by atoms with Gasteiger partial charge in [0.2, 0.25) is 0 Å². The first kappa shape index (κ1) is 15.7. The Bertz CT molecular complexity index is 784. The third-order valence-corrected chi connectivity index (χ3v) is 3.54. The van der Waals surface area contributed by atoms with E-state index in [2.05, 4.69) is 20.8 Å². The van der Waals surface area contributed by atoms with Gasteiger partial charge in [0, 0.05) is 7.05 Å². The second kappa shape index (κ2) is 6.95. The normalized spacial score (nSPS) is 11.9. The number of rotatable bonds is 5. The van der Waals surface area contributed by atoms with Gasteiger partial charge in [0.25, 0.3) is 0 Å². The Hall–Kier alpha value is -3.16. The number of tetrazole rings is 1. The van der Waals surface area contributed by atoms with Crippen LogP contribution in [0.2, 0.25) is 0 Å². The van der Waals surface area contributed by atoms with Crippen LogP contribution in [0, 0.1) is 0 Å². The molecule has 124 valence electrons. The smallest absolute Gasteiger partial charge is 0.318 e. The third kappa shape index (κ3) is 3.43. The molecule has 0 spiro atoms. The fourth-order valence-corrected chi connectivity index (χ4v) is 2.29. The van der Waals surface area contributed by atoms with Crippen molar-refractivity contribution in [2.75, 3.05) is 7.05 Å². The average Bonchev–Trinajstić information content (AvgIpc) is 3.27. The SMILES string of the molecule is C[C@@H](NC(=O)N(C)Cc1ccco1)c1nnnn1-c1ccccc1. The van der Waals surface area contributed by atoms with E-state index < -0.39 is 0 Å². The highest BCUT2D eigenvalue weighted by Crippen LogP contribution is 2.14. The van der Waals surface area contributed by atoms with Gasteiger partial charge in [0.15, 0.2) is 5.82 Å². The molecule has 8 nitrogen and oxygen atoms in total. The maximum absolute atomic E-state index is 12.3. The zero-order valence-electron chi connectivity index (χ0n) is 13.5. The molecule has 0 aliphatic carbocycles. The Balaban J connectivity index is 1.68. The summed E-state index contributed by atoms with van der Waals surface area (Å²) in [6, 6.07) is 12.5. The second-order valence-corrected chi connectivity index (χ2v) is 5.39. The zero-order valence-corrected chi connectivity index (χ0v) is 13.5. The van der Waals surface area contributed by atoms with E-state index in [-0.39, 0.29) is 12.1 Å². The quantitative estimate of drug-likeness (QED) is 0.776. The van der Waals surface area contributed by atoms with Crippen LogP contribution < -0.4 is 5.32 Å². The number of hydrogen-bond acceptors (Lipinski definition) is 5. The molecule has 2 aromatic heterocycles. The Morgan fingerprint density at radius 1 is 1.29 bits per heavy atom. The van der Waals surface area contributed by atoms with E-state index in [4.69, 9.17) is 4.42 Å². The van der Waals surface area contributed by atoms with Crippen LogP contribution in [0.1, 0.15) is 24.6 Å². The van der Waals surface area contributed by atoms with Crippen molar-refractivity contribution in [1.29, 1.82) is 0 Å². The van der Waals surface area contributed by atoms with Crippen molar-refractivity contribution in [2.45, 2.75) is 19.5 Å². The van der Waals surface area contributed by atoms with Crippen LogP contribution in [0.4, 0.5) is 4.79 Å². The lowest BCUT2D eigenvalue weighted by atomic mass is 10.3. The Morgan fingerprint density at radius 2 is 2.08 bits per heavy atom. The van der Waals surface area contributed by atoms with Gasteiger partial charge in [-0.3, -0.25) is 0 Å². The summed E-state index contributed by atoms with van der Waals surface area (Å²) in [5, 5.41) is 14.6. The lowest BCUT2D eigenvalue weighted by Crippen LogP contribution is -2.38. The molecule has 0 unspecified atom stereocenters. The van der Waals surface area contributed by atoms with Crippen LogP contribution in [0.15, 0.2) is 53.1 Å². The van der Waals surface area contributed by atoms with Crippen LogP contribution in [-0.4, -0.2) is 38.2 Å². The minimum absolute atomic E-state index is 0.235. The van der Waals surface area contributed by atoms with Gasteiger partial charge in [-0.15, -0.1) is 5.10 Å². The van der Waals surface area contributed by atoms with E-state index >= 15 is 0 Å². The summed E-state index contributed by atoms with van der Waals surface area (Å²) in [4.78, 5) is 13.9. The average molecular weight is 326 g/mol. The van der Waals surface area contributed by atoms with Crippen molar-refractivity contribution in [3.05, 3.63) is 60.3 Å². The predicted octanol–water partition coefficient (Wildman–Crippen LogP) is 2.16. The Morgan fingerprint density at radius 3 is 2.79 bits per heavy atom. The summed E-state index contributed by atoms with van der Waals surface area (Å²) in [7, 11) is 1.70. The largest absolute Gasteiger partial charge is 0.467 e. The molecule has 0 aliphatic rings. The van der Waals surface area contributed by atoms with Crippen molar-refractivity contribution < 1.29 is 9.21 Å². The number of carbonyl (C=O) groups is 1. The number of benzene rings is 1. The number of nitrogens with zero attached hydrogens (tertiary/aromatic N) is 5. The molecule has 24 heavy (non-hydrogen) atoms. The monoisotopic (exact) mass is 326 g/mol. The van der Waals surface area contributed by atoms with Gasteiger partial charge < -0.3 is 14.6 Å². The number of furan rings is 1. The fourth-order valence-electron chi connectivity index (χ4n) is 2.29. The number of carbonyl (C=O) groups excluding carboxylic acids is 1. The third-order valence-electron chi connectivity index (χ3n) is 3.54. The molecule has 0 saturated carbocycles. The fraction of sp³-hybridized carbons (Fsp3) is 0.250. The molecule has 8 heteroatoms. The first-order valence-corrected chi connectivity index (χ1v) is 7.53. The highest BCUT2D eigenvalue weighted by molar-refractivity contribution is 5.74. The topological polar surface area (TPSA) is 89.1 Å². The predicted molar refractivity (Wildman–Crippen MR) is 86.3 cm³/mol. The Kier molecular flexibility index (Phi) is 4.55. The molecule has 2 amide bonds.